The van der Waals surface area contributed by atoms with Crippen LogP contribution in [0.5, 0.6) is 0 Å². The average molecular weight is 573 g/mol. The van der Waals surface area contributed by atoms with Gasteiger partial charge in [-0.1, -0.05) is 110 Å². The van der Waals surface area contributed by atoms with Crippen LogP contribution in [0, 0.1) is 5.92 Å². The van der Waals surface area contributed by atoms with Gasteiger partial charge < -0.3 is 15.3 Å². The van der Waals surface area contributed by atoms with Crippen molar-refractivity contribution in [2.75, 3.05) is 6.61 Å². The summed E-state index contributed by atoms with van der Waals surface area (Å²) in [4.78, 5) is 29.1. The number of carbonyl (C=O) groups excluding carboxylic acids is 2. The fraction of sp³-hybridized carbons (Fsp3) is 0.316. The molecule has 220 valence electrons. The van der Waals surface area contributed by atoms with Crippen LogP contribution in [0.2, 0.25) is 0 Å². The predicted octanol–water partition coefficient (Wildman–Crippen LogP) is 7.28. The Labute approximate surface area is 254 Å². The molecule has 2 aliphatic carbocycles. The van der Waals surface area contributed by atoms with Crippen LogP contribution in [0.1, 0.15) is 77.5 Å². The molecule has 3 atom stereocenters. The lowest BCUT2D eigenvalue weighted by atomic mass is 9.74. The van der Waals surface area contributed by atoms with Gasteiger partial charge in [0.25, 0.3) is 5.91 Å². The van der Waals surface area contributed by atoms with Gasteiger partial charge in [0.15, 0.2) is 0 Å². The third kappa shape index (κ3) is 6.89. The van der Waals surface area contributed by atoms with E-state index >= 15 is 0 Å². The molecule has 0 spiro atoms. The number of hydrogen-bond donors (Lipinski definition) is 2. The van der Waals surface area contributed by atoms with Gasteiger partial charge in [0.05, 0.1) is 12.6 Å². The van der Waals surface area contributed by atoms with E-state index in [1.54, 1.807) is 0 Å². The standard InChI is InChI=1S/C38H40N2O3/c41-26-36(31-11-5-2-6-12-31)39-37(42)35-14-8-7-13-34(35)30-17-15-27(16-18-30)25-40(33-23-24-33)38(43)32-21-19-29(20-22-32)28-9-3-1-4-10-28/h1-6,9-12,15-22,33-36,41H,7-8,13-14,23-26H2,(H,39,42)/t34-,35+,36+/m1/s1. The highest BCUT2D eigenvalue weighted by molar-refractivity contribution is 5.95. The summed E-state index contributed by atoms with van der Waals surface area (Å²) in [6.45, 7) is 0.448. The molecule has 5 nitrogen and oxygen atoms in total. The van der Waals surface area contributed by atoms with Gasteiger partial charge in [0.2, 0.25) is 5.91 Å². The van der Waals surface area contributed by atoms with Gasteiger partial charge in [-0.15, -0.1) is 0 Å². The Morgan fingerprint density at radius 1 is 0.744 bits per heavy atom. The summed E-state index contributed by atoms with van der Waals surface area (Å²) in [5.41, 5.74) is 6.15. The number of hydrogen-bond acceptors (Lipinski definition) is 3. The first kappa shape index (κ1) is 28.9. The van der Waals surface area contributed by atoms with Crippen LogP contribution in [0.25, 0.3) is 11.1 Å². The fourth-order valence-electron chi connectivity index (χ4n) is 6.46. The predicted molar refractivity (Wildman–Crippen MR) is 170 cm³/mol. The first-order valence-electron chi connectivity index (χ1n) is 15.6. The Balaban J connectivity index is 1.13. The summed E-state index contributed by atoms with van der Waals surface area (Å²) in [5.74, 6) is 0.107. The van der Waals surface area contributed by atoms with Crippen molar-refractivity contribution >= 4 is 11.8 Å². The van der Waals surface area contributed by atoms with Gasteiger partial charge in [0, 0.05) is 24.1 Å². The molecule has 2 amide bonds. The minimum Gasteiger partial charge on any atom is -0.394 e. The minimum absolute atomic E-state index is 0.0143. The van der Waals surface area contributed by atoms with Crippen molar-refractivity contribution in [2.24, 2.45) is 5.92 Å². The second-order valence-corrected chi connectivity index (χ2v) is 12.0. The molecule has 0 aromatic heterocycles. The highest BCUT2D eigenvalue weighted by atomic mass is 16.3. The number of nitrogens with zero attached hydrogens (tertiary/aromatic N) is 1. The molecule has 6 rings (SSSR count). The zero-order chi connectivity index (χ0) is 29.6. The van der Waals surface area contributed by atoms with E-state index in [1.165, 1.54) is 5.56 Å². The largest absolute Gasteiger partial charge is 0.394 e. The van der Waals surface area contributed by atoms with Crippen molar-refractivity contribution < 1.29 is 14.7 Å². The van der Waals surface area contributed by atoms with Gasteiger partial charge in [0.1, 0.15) is 0 Å². The monoisotopic (exact) mass is 572 g/mol. The molecule has 5 heteroatoms. The number of amides is 2. The molecule has 43 heavy (non-hydrogen) atoms. The molecule has 4 aromatic carbocycles. The summed E-state index contributed by atoms with van der Waals surface area (Å²) in [6, 6.07) is 36.2. The highest BCUT2D eigenvalue weighted by Gasteiger charge is 2.35. The number of nitrogens with one attached hydrogen (secondary N) is 1. The number of aliphatic hydroxyl groups is 1. The molecule has 4 aromatic rings. The van der Waals surface area contributed by atoms with E-state index in [-0.39, 0.29) is 36.3 Å². The smallest absolute Gasteiger partial charge is 0.254 e. The van der Waals surface area contributed by atoms with E-state index in [0.717, 1.165) is 66.3 Å². The van der Waals surface area contributed by atoms with Gasteiger partial charge in [-0.25, -0.2) is 0 Å². The number of aliphatic hydroxyl groups excluding tert-OH is 1. The molecule has 2 fully saturated rings. The lowest BCUT2D eigenvalue weighted by Gasteiger charge is -2.32. The fourth-order valence-corrected chi connectivity index (χ4v) is 6.46. The Morgan fingerprint density at radius 3 is 2.02 bits per heavy atom. The topological polar surface area (TPSA) is 69.6 Å². The zero-order valence-electron chi connectivity index (χ0n) is 24.6. The van der Waals surface area contributed by atoms with Crippen LogP contribution in [-0.2, 0) is 11.3 Å². The second-order valence-electron chi connectivity index (χ2n) is 12.0. The van der Waals surface area contributed by atoms with Gasteiger partial charge >= 0.3 is 0 Å². The molecular weight excluding hydrogens is 532 g/mol. The molecule has 2 aliphatic rings. The zero-order valence-corrected chi connectivity index (χ0v) is 24.6. The SMILES string of the molecule is O=C(N[C@@H](CO)c1ccccc1)[C@H]1CCCC[C@@H]1c1ccc(CN(C(=O)c2ccc(-c3ccccc3)cc2)C2CC2)cc1. The molecule has 0 heterocycles. The summed E-state index contributed by atoms with van der Waals surface area (Å²) < 4.78 is 0. The van der Waals surface area contributed by atoms with Crippen molar-refractivity contribution in [3.8, 4) is 11.1 Å². The van der Waals surface area contributed by atoms with Crippen LogP contribution < -0.4 is 5.32 Å². The summed E-state index contributed by atoms with van der Waals surface area (Å²) in [5, 5.41) is 13.1. The third-order valence-corrected chi connectivity index (χ3v) is 9.05. The number of carbonyl (C=O) groups is 2. The molecule has 0 radical (unpaired) electrons. The lowest BCUT2D eigenvalue weighted by molar-refractivity contribution is -0.127. The van der Waals surface area contributed by atoms with Crippen molar-refractivity contribution in [2.45, 2.75) is 63.1 Å². The number of rotatable bonds is 10. The van der Waals surface area contributed by atoms with Crippen LogP contribution in [-0.4, -0.2) is 34.5 Å². The molecular formula is C38H40N2O3. The van der Waals surface area contributed by atoms with Gasteiger partial charge in [-0.3, -0.25) is 9.59 Å². The van der Waals surface area contributed by atoms with E-state index in [1.807, 2.05) is 77.7 Å². The Kier molecular flexibility index (Phi) is 8.99. The lowest BCUT2D eigenvalue weighted by Crippen LogP contribution is -2.39. The number of benzene rings is 4. The van der Waals surface area contributed by atoms with Crippen LogP contribution >= 0.6 is 0 Å². The second kappa shape index (κ2) is 13.4. The van der Waals surface area contributed by atoms with Crippen molar-refractivity contribution in [3.05, 3.63) is 131 Å². The van der Waals surface area contributed by atoms with Crippen molar-refractivity contribution in [1.29, 1.82) is 0 Å². The van der Waals surface area contributed by atoms with Crippen LogP contribution in [0.4, 0.5) is 0 Å². The maximum absolute atomic E-state index is 13.6. The summed E-state index contributed by atoms with van der Waals surface area (Å²) >= 11 is 0. The van der Waals surface area contributed by atoms with E-state index < -0.39 is 6.04 Å². The van der Waals surface area contributed by atoms with Crippen molar-refractivity contribution in [3.63, 3.8) is 0 Å². The molecule has 0 aliphatic heterocycles. The summed E-state index contributed by atoms with van der Waals surface area (Å²) in [6.07, 6.45) is 6.04. The van der Waals surface area contributed by atoms with Crippen LogP contribution in [0.15, 0.2) is 109 Å². The van der Waals surface area contributed by atoms with Gasteiger partial charge in [-0.05, 0) is 71.6 Å². The van der Waals surface area contributed by atoms with Gasteiger partial charge in [-0.2, -0.15) is 0 Å². The molecule has 0 saturated heterocycles. The molecule has 2 N–H and O–H groups in total. The first-order chi connectivity index (χ1) is 21.1. The maximum Gasteiger partial charge on any atom is 0.254 e. The highest BCUT2D eigenvalue weighted by Crippen LogP contribution is 2.39. The molecule has 2 saturated carbocycles. The minimum atomic E-state index is -0.404. The van der Waals surface area contributed by atoms with E-state index in [9.17, 15) is 14.7 Å². The van der Waals surface area contributed by atoms with Crippen molar-refractivity contribution in [1.82, 2.24) is 10.2 Å². The maximum atomic E-state index is 13.6. The van der Waals surface area contributed by atoms with E-state index in [2.05, 4.69) is 41.7 Å². The average Bonchev–Trinajstić information content (AvgIpc) is 3.92. The summed E-state index contributed by atoms with van der Waals surface area (Å²) in [7, 11) is 0. The Bertz CT molecular complexity index is 1500. The Morgan fingerprint density at radius 2 is 1.37 bits per heavy atom. The molecule has 0 unspecified atom stereocenters. The quantitative estimate of drug-likeness (QED) is 0.210. The first-order valence-corrected chi connectivity index (χ1v) is 15.6. The third-order valence-electron chi connectivity index (χ3n) is 9.05. The van der Waals surface area contributed by atoms with E-state index in [0.29, 0.717) is 6.54 Å². The Hall–Kier alpha value is -4.22. The van der Waals surface area contributed by atoms with Crippen LogP contribution in [0.3, 0.4) is 0 Å². The molecule has 0 bridgehead atoms. The normalized spacial score (nSPS) is 18.9. The van der Waals surface area contributed by atoms with E-state index in [4.69, 9.17) is 0 Å².